The summed E-state index contributed by atoms with van der Waals surface area (Å²) in [5.41, 5.74) is -1.51. The van der Waals surface area contributed by atoms with E-state index in [1.807, 2.05) is 0 Å². The molecule has 0 unspecified atom stereocenters. The van der Waals surface area contributed by atoms with Gasteiger partial charge >= 0.3 is 0 Å². The summed E-state index contributed by atoms with van der Waals surface area (Å²) in [7, 11) is 0. The molecule has 1 aliphatic heterocycles. The summed E-state index contributed by atoms with van der Waals surface area (Å²) in [5, 5.41) is 39.5. The van der Waals surface area contributed by atoms with Crippen LogP contribution in [0.1, 0.15) is 0 Å². The number of hydrogen-bond acceptors (Lipinski definition) is 5. The van der Waals surface area contributed by atoms with Crippen molar-refractivity contribution in [2.45, 2.75) is 11.7 Å². The Kier molecular flexibility index (Phi) is 3.03. The highest BCUT2D eigenvalue weighted by atomic mass is 16.4. The van der Waals surface area contributed by atoms with Crippen LogP contribution < -0.4 is 5.32 Å². The standard InChI is InChI=1S/C7H15NO4/c9-2-5-1-8-3-7(12,4-10)6(5)11/h5-6,8-12H,1-4H2/t5-,6-,7+/m0/s1. The van der Waals surface area contributed by atoms with Crippen molar-refractivity contribution in [2.75, 3.05) is 26.3 Å². The fourth-order valence-corrected chi connectivity index (χ4v) is 1.44. The Balaban J connectivity index is 2.65. The second-order valence-corrected chi connectivity index (χ2v) is 3.28. The van der Waals surface area contributed by atoms with Crippen molar-refractivity contribution in [3.63, 3.8) is 0 Å². The molecule has 0 spiro atoms. The van der Waals surface area contributed by atoms with E-state index >= 15 is 0 Å². The van der Waals surface area contributed by atoms with Gasteiger partial charge < -0.3 is 25.7 Å². The van der Waals surface area contributed by atoms with Crippen molar-refractivity contribution in [3.8, 4) is 0 Å². The molecule has 0 amide bonds. The maximum Gasteiger partial charge on any atom is 0.126 e. The molecular formula is C7H15NO4. The molecule has 5 nitrogen and oxygen atoms in total. The maximum absolute atomic E-state index is 9.58. The minimum atomic E-state index is -1.51. The molecule has 0 saturated carbocycles. The first kappa shape index (κ1) is 9.88. The van der Waals surface area contributed by atoms with E-state index in [4.69, 9.17) is 10.2 Å². The van der Waals surface area contributed by atoms with Gasteiger partial charge in [0, 0.05) is 25.6 Å². The highest BCUT2D eigenvalue weighted by Crippen LogP contribution is 2.20. The van der Waals surface area contributed by atoms with Gasteiger partial charge in [0.2, 0.25) is 0 Å². The zero-order valence-corrected chi connectivity index (χ0v) is 6.77. The lowest BCUT2D eigenvalue weighted by Gasteiger charge is -2.40. The van der Waals surface area contributed by atoms with Crippen LogP contribution in [0.25, 0.3) is 0 Å². The van der Waals surface area contributed by atoms with Gasteiger partial charge in [-0.15, -0.1) is 0 Å². The van der Waals surface area contributed by atoms with Gasteiger partial charge in [-0.2, -0.15) is 0 Å². The van der Waals surface area contributed by atoms with Crippen LogP contribution in [0, 0.1) is 5.92 Å². The first-order valence-corrected chi connectivity index (χ1v) is 3.97. The molecule has 5 heteroatoms. The van der Waals surface area contributed by atoms with Crippen LogP contribution in [0.15, 0.2) is 0 Å². The molecule has 1 saturated heterocycles. The van der Waals surface area contributed by atoms with Crippen molar-refractivity contribution in [1.82, 2.24) is 5.32 Å². The van der Waals surface area contributed by atoms with E-state index in [0.29, 0.717) is 6.54 Å². The Morgan fingerprint density at radius 1 is 1.42 bits per heavy atom. The number of β-amino-alcohol motifs (C(OH)–C–C–N with tert-alkyl or cyclic N) is 1. The molecule has 0 aromatic rings. The van der Waals surface area contributed by atoms with Crippen LogP contribution in [0.4, 0.5) is 0 Å². The average Bonchev–Trinajstić information content (AvgIpc) is 2.10. The van der Waals surface area contributed by atoms with E-state index in [1.165, 1.54) is 0 Å². The fraction of sp³-hybridized carbons (Fsp3) is 1.00. The van der Waals surface area contributed by atoms with Crippen molar-refractivity contribution in [2.24, 2.45) is 5.92 Å². The second-order valence-electron chi connectivity index (χ2n) is 3.28. The zero-order valence-electron chi connectivity index (χ0n) is 6.77. The molecule has 0 aliphatic carbocycles. The second kappa shape index (κ2) is 3.68. The lowest BCUT2D eigenvalue weighted by Crippen LogP contribution is -2.62. The summed E-state index contributed by atoms with van der Waals surface area (Å²) < 4.78 is 0. The molecule has 3 atom stereocenters. The summed E-state index contributed by atoms with van der Waals surface area (Å²) in [6.45, 7) is -0.0880. The minimum absolute atomic E-state index is 0.154. The number of hydrogen-bond donors (Lipinski definition) is 5. The number of nitrogens with one attached hydrogen (secondary N) is 1. The molecule has 1 aliphatic rings. The summed E-state index contributed by atoms with van der Waals surface area (Å²) in [6, 6.07) is 0. The van der Waals surface area contributed by atoms with Crippen LogP contribution in [-0.4, -0.2) is 58.4 Å². The lowest BCUT2D eigenvalue weighted by molar-refractivity contribution is -0.145. The molecule has 0 aromatic carbocycles. The van der Waals surface area contributed by atoms with E-state index < -0.39 is 24.2 Å². The Morgan fingerprint density at radius 2 is 2.08 bits per heavy atom. The van der Waals surface area contributed by atoms with Gasteiger partial charge in [-0.05, 0) is 0 Å². The first-order valence-electron chi connectivity index (χ1n) is 3.97. The van der Waals surface area contributed by atoms with E-state index in [2.05, 4.69) is 5.32 Å². The lowest BCUT2D eigenvalue weighted by atomic mass is 9.84. The normalized spacial score (nSPS) is 43.0. The Labute approximate surface area is 70.6 Å². The third-order valence-corrected chi connectivity index (χ3v) is 2.34. The summed E-state index contributed by atoms with van der Waals surface area (Å²) >= 11 is 0. The third-order valence-electron chi connectivity index (χ3n) is 2.34. The van der Waals surface area contributed by atoms with E-state index in [9.17, 15) is 10.2 Å². The summed E-state index contributed by atoms with van der Waals surface area (Å²) in [5.74, 6) is -0.407. The highest BCUT2D eigenvalue weighted by molar-refractivity contribution is 4.96. The van der Waals surface area contributed by atoms with E-state index in [1.54, 1.807) is 0 Å². The van der Waals surface area contributed by atoms with Gasteiger partial charge in [-0.3, -0.25) is 0 Å². The van der Waals surface area contributed by atoms with E-state index in [-0.39, 0.29) is 13.2 Å². The molecule has 5 N–H and O–H groups in total. The van der Waals surface area contributed by atoms with E-state index in [0.717, 1.165) is 0 Å². The maximum atomic E-state index is 9.58. The molecule has 0 aromatic heterocycles. The minimum Gasteiger partial charge on any atom is -0.396 e. The first-order chi connectivity index (χ1) is 5.64. The third kappa shape index (κ3) is 1.60. The van der Waals surface area contributed by atoms with Gasteiger partial charge in [0.25, 0.3) is 0 Å². The number of piperidine rings is 1. The topological polar surface area (TPSA) is 93.0 Å². The quantitative estimate of drug-likeness (QED) is 0.316. The van der Waals surface area contributed by atoms with Crippen molar-refractivity contribution in [3.05, 3.63) is 0 Å². The van der Waals surface area contributed by atoms with Crippen molar-refractivity contribution >= 4 is 0 Å². The van der Waals surface area contributed by atoms with Gasteiger partial charge in [0.15, 0.2) is 0 Å². The van der Waals surface area contributed by atoms with Crippen LogP contribution in [0.2, 0.25) is 0 Å². The fourth-order valence-electron chi connectivity index (χ4n) is 1.44. The van der Waals surface area contributed by atoms with Crippen LogP contribution >= 0.6 is 0 Å². The smallest absolute Gasteiger partial charge is 0.126 e. The highest BCUT2D eigenvalue weighted by Gasteiger charge is 2.42. The Hall–Kier alpha value is -0.200. The average molecular weight is 177 g/mol. The van der Waals surface area contributed by atoms with Crippen LogP contribution in [0.3, 0.4) is 0 Å². The SMILES string of the molecule is OC[C@@H]1CNC[C@@](O)(CO)[C@H]1O. The molecule has 72 valence electrons. The Morgan fingerprint density at radius 3 is 2.58 bits per heavy atom. The zero-order chi connectivity index (χ0) is 9.19. The molecule has 1 fully saturated rings. The van der Waals surface area contributed by atoms with Gasteiger partial charge in [-0.25, -0.2) is 0 Å². The summed E-state index contributed by atoms with van der Waals surface area (Å²) in [4.78, 5) is 0. The summed E-state index contributed by atoms with van der Waals surface area (Å²) in [6.07, 6.45) is -1.06. The van der Waals surface area contributed by atoms with Crippen LogP contribution in [-0.2, 0) is 0 Å². The van der Waals surface area contributed by atoms with Gasteiger partial charge in [-0.1, -0.05) is 0 Å². The Bertz CT molecular complexity index is 154. The molecular weight excluding hydrogens is 162 g/mol. The molecule has 1 heterocycles. The predicted octanol–water partition coefficient (Wildman–Crippen LogP) is -2.72. The molecule has 0 radical (unpaired) electrons. The van der Waals surface area contributed by atoms with Crippen molar-refractivity contribution < 1.29 is 20.4 Å². The molecule has 12 heavy (non-hydrogen) atoms. The number of rotatable bonds is 2. The monoisotopic (exact) mass is 177 g/mol. The molecule has 1 rings (SSSR count). The largest absolute Gasteiger partial charge is 0.396 e. The predicted molar refractivity (Wildman–Crippen MR) is 41.5 cm³/mol. The number of aliphatic hydroxyl groups excluding tert-OH is 3. The van der Waals surface area contributed by atoms with Gasteiger partial charge in [0.05, 0.1) is 12.7 Å². The molecule has 0 bridgehead atoms. The van der Waals surface area contributed by atoms with Gasteiger partial charge in [0.1, 0.15) is 5.60 Å². The number of aliphatic hydroxyl groups is 4. The van der Waals surface area contributed by atoms with Crippen molar-refractivity contribution in [1.29, 1.82) is 0 Å². The van der Waals surface area contributed by atoms with Crippen LogP contribution in [0.5, 0.6) is 0 Å².